The van der Waals surface area contributed by atoms with Crippen LogP contribution in [0.5, 0.6) is 5.75 Å². The molecule has 1 unspecified atom stereocenters. The van der Waals surface area contributed by atoms with Gasteiger partial charge in [0.15, 0.2) is 0 Å². The van der Waals surface area contributed by atoms with Gasteiger partial charge in [0.2, 0.25) is 5.82 Å². The summed E-state index contributed by atoms with van der Waals surface area (Å²) in [4.78, 5) is 11.2. The minimum absolute atomic E-state index is 0.0338. The molecule has 8 heteroatoms. The van der Waals surface area contributed by atoms with Gasteiger partial charge in [-0.15, -0.1) is 0 Å². The van der Waals surface area contributed by atoms with Crippen molar-refractivity contribution in [1.29, 1.82) is 0 Å². The first kappa shape index (κ1) is 22.7. The predicted molar refractivity (Wildman–Crippen MR) is 119 cm³/mol. The monoisotopic (exact) mass is 426 g/mol. The Bertz CT molecular complexity index is 1030. The average Bonchev–Trinajstić information content (AvgIpc) is 3.27. The van der Waals surface area contributed by atoms with E-state index in [0.717, 1.165) is 46.6 Å². The normalized spacial score (nSPS) is 12.1. The third kappa shape index (κ3) is 5.21. The molecule has 1 aromatic carbocycles. The molecule has 2 heterocycles. The lowest BCUT2D eigenvalue weighted by Crippen LogP contribution is -2.22. The molecule has 166 valence electrons. The maximum atomic E-state index is 9.59. The molecule has 3 rings (SSSR count). The number of aryl methyl sites for hydroxylation is 3. The molecule has 0 spiro atoms. The molecule has 0 aliphatic rings. The summed E-state index contributed by atoms with van der Waals surface area (Å²) in [5.74, 6) is 2.48. The van der Waals surface area contributed by atoms with Crippen molar-refractivity contribution < 1.29 is 19.5 Å². The number of rotatable bonds is 9. The Morgan fingerprint density at radius 1 is 1.06 bits per heavy atom. The van der Waals surface area contributed by atoms with Gasteiger partial charge in [0.1, 0.15) is 24.3 Å². The zero-order valence-corrected chi connectivity index (χ0v) is 18.7. The highest BCUT2D eigenvalue weighted by Gasteiger charge is 2.17. The fraction of sp³-hybridized carbons (Fsp3) is 0.435. The fourth-order valence-electron chi connectivity index (χ4n) is 3.24. The molecule has 0 aliphatic carbocycles. The van der Waals surface area contributed by atoms with Crippen molar-refractivity contribution in [2.75, 3.05) is 32.2 Å². The topological polar surface area (TPSA) is 105 Å². The summed E-state index contributed by atoms with van der Waals surface area (Å²) in [7, 11) is 3.89. The van der Waals surface area contributed by atoms with Crippen molar-refractivity contribution in [2.24, 2.45) is 0 Å². The Balaban J connectivity index is 1.94. The second-order valence-corrected chi connectivity index (χ2v) is 7.66. The first-order chi connectivity index (χ1) is 14.9. The summed E-state index contributed by atoms with van der Waals surface area (Å²) >= 11 is 0. The SMILES string of the molecule is CCc1cc(-c2nc(-c3cc(C)c(OCC(O)CO)c(CC)c3)no2)cc(N(C)C)n1. The number of nitrogens with zero attached hydrogens (tertiary/aromatic N) is 4. The van der Waals surface area contributed by atoms with Crippen LogP contribution in [0, 0.1) is 6.92 Å². The van der Waals surface area contributed by atoms with Gasteiger partial charge in [0.05, 0.1) is 6.61 Å². The largest absolute Gasteiger partial charge is 0.490 e. The van der Waals surface area contributed by atoms with Gasteiger partial charge in [0.25, 0.3) is 5.89 Å². The molecule has 8 nitrogen and oxygen atoms in total. The Morgan fingerprint density at radius 3 is 2.48 bits per heavy atom. The Morgan fingerprint density at radius 2 is 1.84 bits per heavy atom. The van der Waals surface area contributed by atoms with E-state index in [9.17, 15) is 5.11 Å². The van der Waals surface area contributed by atoms with E-state index in [4.69, 9.17) is 14.4 Å². The van der Waals surface area contributed by atoms with Gasteiger partial charge in [-0.05, 0) is 55.2 Å². The molecular weight excluding hydrogens is 396 g/mol. The van der Waals surface area contributed by atoms with Crippen LogP contribution in [0.3, 0.4) is 0 Å². The number of pyridine rings is 1. The van der Waals surface area contributed by atoms with Crippen LogP contribution < -0.4 is 9.64 Å². The summed E-state index contributed by atoms with van der Waals surface area (Å²) in [6, 6.07) is 7.81. The quantitative estimate of drug-likeness (QED) is 0.538. The Labute approximate surface area is 182 Å². The lowest BCUT2D eigenvalue weighted by molar-refractivity contribution is 0.0531. The molecule has 0 fully saturated rings. The molecule has 0 amide bonds. The van der Waals surface area contributed by atoms with Gasteiger partial charge in [-0.3, -0.25) is 0 Å². The highest BCUT2D eigenvalue weighted by atomic mass is 16.5. The second kappa shape index (κ2) is 9.89. The number of anilines is 1. The zero-order chi connectivity index (χ0) is 22.5. The Kier molecular flexibility index (Phi) is 7.25. The van der Waals surface area contributed by atoms with Crippen molar-refractivity contribution in [1.82, 2.24) is 15.1 Å². The van der Waals surface area contributed by atoms with E-state index >= 15 is 0 Å². The van der Waals surface area contributed by atoms with Crippen molar-refractivity contribution in [3.05, 3.63) is 41.1 Å². The summed E-state index contributed by atoms with van der Waals surface area (Å²) in [5, 5.41) is 22.8. The number of aromatic nitrogens is 3. The first-order valence-corrected chi connectivity index (χ1v) is 10.4. The highest BCUT2D eigenvalue weighted by molar-refractivity contribution is 5.65. The van der Waals surface area contributed by atoms with Crippen LogP contribution in [0.4, 0.5) is 5.82 Å². The summed E-state index contributed by atoms with van der Waals surface area (Å²) < 4.78 is 11.3. The third-order valence-electron chi connectivity index (χ3n) is 4.98. The molecule has 2 aromatic heterocycles. The van der Waals surface area contributed by atoms with Crippen LogP contribution in [0.15, 0.2) is 28.8 Å². The molecule has 2 N–H and O–H groups in total. The number of benzene rings is 1. The fourth-order valence-corrected chi connectivity index (χ4v) is 3.24. The maximum absolute atomic E-state index is 9.59. The summed E-state index contributed by atoms with van der Waals surface area (Å²) in [6.07, 6.45) is 0.630. The van der Waals surface area contributed by atoms with Gasteiger partial charge in [0, 0.05) is 30.9 Å². The van der Waals surface area contributed by atoms with Crippen LogP contribution in [-0.2, 0) is 12.8 Å². The smallest absolute Gasteiger partial charge is 0.258 e. The van der Waals surface area contributed by atoms with Crippen molar-refractivity contribution >= 4 is 5.82 Å². The highest BCUT2D eigenvalue weighted by Crippen LogP contribution is 2.31. The Hall–Kier alpha value is -2.97. The van der Waals surface area contributed by atoms with Gasteiger partial charge in [-0.2, -0.15) is 4.98 Å². The third-order valence-corrected chi connectivity index (χ3v) is 4.98. The number of aliphatic hydroxyl groups excluding tert-OH is 2. The molecule has 1 atom stereocenters. The van der Waals surface area contributed by atoms with E-state index in [1.54, 1.807) is 0 Å². The lowest BCUT2D eigenvalue weighted by Gasteiger charge is -2.16. The van der Waals surface area contributed by atoms with Crippen LogP contribution >= 0.6 is 0 Å². The maximum Gasteiger partial charge on any atom is 0.258 e. The van der Waals surface area contributed by atoms with E-state index < -0.39 is 6.10 Å². The molecule has 31 heavy (non-hydrogen) atoms. The van der Waals surface area contributed by atoms with E-state index in [1.807, 2.05) is 57.1 Å². The average molecular weight is 427 g/mol. The number of hydrogen-bond donors (Lipinski definition) is 2. The van der Waals surface area contributed by atoms with Gasteiger partial charge < -0.3 is 24.4 Å². The van der Waals surface area contributed by atoms with Crippen LogP contribution in [0.25, 0.3) is 22.8 Å². The van der Waals surface area contributed by atoms with Crippen molar-refractivity contribution in [3.63, 3.8) is 0 Å². The van der Waals surface area contributed by atoms with Gasteiger partial charge in [-0.25, -0.2) is 4.98 Å². The minimum atomic E-state index is -0.913. The van der Waals surface area contributed by atoms with Crippen LogP contribution in [0.1, 0.15) is 30.7 Å². The molecule has 0 bridgehead atoms. The zero-order valence-electron chi connectivity index (χ0n) is 18.7. The molecule has 0 saturated heterocycles. The van der Waals surface area contributed by atoms with E-state index in [-0.39, 0.29) is 13.2 Å². The standard InChI is InChI=1S/C23H30N4O4/c1-6-15-9-16(8-14(3)21(15)30-13-19(29)12-28)22-25-23(31-26-22)17-10-18(7-2)24-20(11-17)27(4)5/h8-11,19,28-29H,6-7,12-13H2,1-5H3. The number of ether oxygens (including phenoxy) is 1. The van der Waals surface area contributed by atoms with Gasteiger partial charge in [-0.1, -0.05) is 19.0 Å². The number of aliphatic hydroxyl groups is 2. The molecular formula is C23H30N4O4. The van der Waals surface area contributed by atoms with Crippen LogP contribution in [0.2, 0.25) is 0 Å². The molecule has 0 saturated carbocycles. The van der Waals surface area contributed by atoms with E-state index in [1.165, 1.54) is 0 Å². The molecule has 0 radical (unpaired) electrons. The molecule has 3 aromatic rings. The van der Waals surface area contributed by atoms with Crippen molar-refractivity contribution in [2.45, 2.75) is 39.7 Å². The van der Waals surface area contributed by atoms with E-state index in [0.29, 0.717) is 17.5 Å². The van der Waals surface area contributed by atoms with E-state index in [2.05, 4.69) is 22.0 Å². The number of hydrogen-bond acceptors (Lipinski definition) is 8. The van der Waals surface area contributed by atoms with Gasteiger partial charge >= 0.3 is 0 Å². The second-order valence-electron chi connectivity index (χ2n) is 7.66. The van der Waals surface area contributed by atoms with Crippen molar-refractivity contribution in [3.8, 4) is 28.6 Å². The van der Waals surface area contributed by atoms with Crippen LogP contribution in [-0.4, -0.2) is 58.8 Å². The summed E-state index contributed by atoms with van der Waals surface area (Å²) in [5.41, 5.74) is 4.49. The molecule has 0 aliphatic heterocycles. The summed E-state index contributed by atoms with van der Waals surface area (Å²) in [6.45, 7) is 5.72. The first-order valence-electron chi connectivity index (χ1n) is 10.4. The predicted octanol–water partition coefficient (Wildman–Crippen LogP) is 3.03. The lowest BCUT2D eigenvalue weighted by atomic mass is 10.0. The minimum Gasteiger partial charge on any atom is -0.490 e.